The Labute approximate surface area is 349 Å². The number of phosphoric ester groups is 1. The maximum atomic E-state index is 14.1. The first kappa shape index (κ1) is 45.9. The van der Waals surface area contributed by atoms with Gasteiger partial charge in [0.25, 0.3) is 13.7 Å². The molecule has 5 rings (SSSR count). The first-order valence-corrected chi connectivity index (χ1v) is 21.2. The summed E-state index contributed by atoms with van der Waals surface area (Å²) in [5.74, 6) is -0.942. The lowest BCUT2D eigenvalue weighted by molar-refractivity contribution is -0.870. The van der Waals surface area contributed by atoms with Gasteiger partial charge in [-0.2, -0.15) is 4.99 Å². The summed E-state index contributed by atoms with van der Waals surface area (Å²) in [6, 6.07) is 16.0. The van der Waals surface area contributed by atoms with Crippen LogP contribution in [0.25, 0.3) is 11.0 Å². The normalized spacial score (nSPS) is 16.2. The van der Waals surface area contributed by atoms with Crippen LogP contribution in [-0.2, 0) is 48.1 Å². The number of carbonyl (C=O) groups is 3. The van der Waals surface area contributed by atoms with Gasteiger partial charge in [-0.25, -0.2) is 9.78 Å². The summed E-state index contributed by atoms with van der Waals surface area (Å²) in [5, 5.41) is 16.5. The summed E-state index contributed by atoms with van der Waals surface area (Å²) in [6.45, 7) is 0.411. The Bertz CT molecular complexity index is 2110. The number of amides is 2. The van der Waals surface area contributed by atoms with Crippen molar-refractivity contribution in [2.24, 2.45) is 23.7 Å². The highest BCUT2D eigenvalue weighted by Crippen LogP contribution is 2.38. The monoisotopic (exact) mass is 853 g/mol. The molecule has 0 saturated carbocycles. The fourth-order valence-corrected chi connectivity index (χ4v) is 7.02. The van der Waals surface area contributed by atoms with E-state index in [-0.39, 0.29) is 50.7 Å². The quantitative estimate of drug-likeness (QED) is 0.0266. The Morgan fingerprint density at radius 3 is 2.55 bits per heavy atom. The standard InChI is InChI=1S/C40H56N9O10P/c1-47-34-15-12-30(22-33(34)45-36(47)23-44-31-13-10-29(11-14-31)38(41)46-40(53)57-27-32-8-7-18-42-32)39(52)48(35-9-5-6-17-43-35)19-16-37(51)56-25-28(24-50)26-59-60(54,55)58-21-20-49(2,3)4/h7-8,10-15,18,22,28,35,42-43,50H,5-6,9,16-17,19-21,23-27H2,1-4H3,(H3-,41,44,46,53,54,55). The Balaban J connectivity index is 1.15. The Kier molecular flexibility index (Phi) is 16.4. The number of aliphatic hydroxyl groups is 1. The van der Waals surface area contributed by atoms with Gasteiger partial charge in [0.15, 0.2) is 0 Å². The smallest absolute Gasteiger partial charge is 0.435 e. The number of fused-ring (bicyclic) bond motifs is 1. The number of ether oxygens (including phenoxy) is 2. The summed E-state index contributed by atoms with van der Waals surface area (Å²) < 4.78 is 34.9. The molecule has 60 heavy (non-hydrogen) atoms. The number of hydrogen-bond donors (Lipinski definition) is 5. The summed E-state index contributed by atoms with van der Waals surface area (Å²) >= 11 is 0. The van der Waals surface area contributed by atoms with Crippen LogP contribution in [0, 0.1) is 5.92 Å². The molecule has 0 spiro atoms. The lowest BCUT2D eigenvalue weighted by atomic mass is 10.1. The number of aliphatic imine (C=N–C) groups is 1. The number of benzene rings is 2. The number of imidazole rings is 1. The van der Waals surface area contributed by atoms with E-state index in [1.807, 2.05) is 51.0 Å². The van der Waals surface area contributed by atoms with Crippen molar-refractivity contribution in [3.63, 3.8) is 0 Å². The molecule has 326 valence electrons. The molecule has 19 nitrogen and oxygen atoms in total. The molecular formula is C40H56N9O10P. The maximum Gasteiger partial charge on any atom is 0.435 e. The van der Waals surface area contributed by atoms with Crippen LogP contribution < -0.4 is 21.3 Å². The van der Waals surface area contributed by atoms with Gasteiger partial charge in [0.05, 0.1) is 76.8 Å². The number of nitrogens with two attached hydrogens (primary N) is 1. The molecule has 2 amide bonds. The van der Waals surface area contributed by atoms with Crippen LogP contribution in [0.5, 0.6) is 0 Å². The number of quaternary nitrogens is 1. The van der Waals surface area contributed by atoms with E-state index in [2.05, 4.69) is 20.6 Å². The average molecular weight is 854 g/mol. The third kappa shape index (κ3) is 14.0. The molecule has 1 saturated heterocycles. The van der Waals surface area contributed by atoms with Crippen molar-refractivity contribution in [3.8, 4) is 0 Å². The molecule has 6 N–H and O–H groups in total. The number of amidine groups is 1. The van der Waals surface area contributed by atoms with E-state index in [9.17, 15) is 28.9 Å². The van der Waals surface area contributed by atoms with Gasteiger partial charge in [0.1, 0.15) is 31.4 Å². The summed E-state index contributed by atoms with van der Waals surface area (Å²) in [7, 11) is 2.96. The number of aromatic amines is 1. The molecule has 4 aromatic rings. The number of carbonyl (C=O) groups excluding carboxylic acids is 3. The molecule has 1 aliphatic rings. The van der Waals surface area contributed by atoms with E-state index in [4.69, 9.17) is 29.2 Å². The summed E-state index contributed by atoms with van der Waals surface area (Å²) in [6.07, 6.45) is 3.11. The number of hydrogen-bond acceptors (Lipinski definition) is 13. The van der Waals surface area contributed by atoms with Gasteiger partial charge in [0, 0.05) is 42.5 Å². The molecule has 3 atom stereocenters. The maximum absolute atomic E-state index is 14.1. The number of H-pyrrole nitrogens is 1. The molecule has 0 aliphatic carbocycles. The van der Waals surface area contributed by atoms with Gasteiger partial charge in [-0.1, -0.05) is 0 Å². The third-order valence-electron chi connectivity index (χ3n) is 9.77. The van der Waals surface area contributed by atoms with Crippen LogP contribution in [0.2, 0.25) is 0 Å². The van der Waals surface area contributed by atoms with E-state index in [0.29, 0.717) is 40.6 Å². The number of anilines is 1. The minimum atomic E-state index is -4.61. The second-order valence-electron chi connectivity index (χ2n) is 15.5. The number of nitrogens with zero attached hydrogens (tertiary/aromatic N) is 5. The lowest BCUT2D eigenvalue weighted by Gasteiger charge is -2.35. The van der Waals surface area contributed by atoms with Crippen LogP contribution in [-0.4, -0.2) is 126 Å². The highest BCUT2D eigenvalue weighted by molar-refractivity contribution is 7.45. The van der Waals surface area contributed by atoms with Crippen molar-refractivity contribution >= 4 is 48.3 Å². The van der Waals surface area contributed by atoms with Crippen molar-refractivity contribution in [2.75, 3.05) is 72.5 Å². The molecule has 20 heteroatoms. The fraction of sp³-hybridized carbons (Fsp3) is 0.475. The predicted molar refractivity (Wildman–Crippen MR) is 221 cm³/mol. The van der Waals surface area contributed by atoms with Gasteiger partial charge in [-0.15, -0.1) is 0 Å². The number of esters is 1. The number of aryl methyl sites for hydroxylation is 1. The third-order valence-corrected chi connectivity index (χ3v) is 10.7. The minimum absolute atomic E-state index is 0.0269. The highest BCUT2D eigenvalue weighted by Gasteiger charge is 2.28. The highest BCUT2D eigenvalue weighted by atomic mass is 31.2. The number of likely N-dealkylation sites (N-methyl/N-ethyl adjacent to an activating group) is 1. The van der Waals surface area contributed by atoms with Crippen molar-refractivity contribution in [1.29, 1.82) is 0 Å². The zero-order valence-electron chi connectivity index (χ0n) is 34.5. The molecular weight excluding hydrogens is 797 g/mol. The SMILES string of the molecule is Cn1c(CNc2ccc(/C(N)=N/C(=O)OCc3ccc[nH]3)cc2)nc2cc(C(=O)N(CCC(=O)OCC(CO)COP(=O)([O-])OCC[N+](C)(C)C)C3CCCCN3)ccc21. The van der Waals surface area contributed by atoms with E-state index >= 15 is 0 Å². The van der Waals surface area contributed by atoms with E-state index < -0.39 is 39.0 Å². The lowest BCUT2D eigenvalue weighted by Crippen LogP contribution is -2.51. The number of piperidine rings is 1. The zero-order chi connectivity index (χ0) is 43.3. The van der Waals surface area contributed by atoms with Crippen molar-refractivity contribution in [1.82, 2.24) is 24.8 Å². The Morgan fingerprint density at radius 1 is 1.10 bits per heavy atom. The molecule has 0 radical (unpaired) electrons. The number of aromatic nitrogens is 3. The molecule has 1 fully saturated rings. The molecule has 3 unspecified atom stereocenters. The number of nitrogens with one attached hydrogen (secondary N) is 3. The van der Waals surface area contributed by atoms with Crippen LogP contribution >= 0.6 is 7.82 Å². The van der Waals surface area contributed by atoms with E-state index in [1.165, 1.54) is 0 Å². The Hall–Kier alpha value is -5.14. The first-order chi connectivity index (χ1) is 28.6. The van der Waals surface area contributed by atoms with Crippen LogP contribution in [0.4, 0.5) is 10.5 Å². The van der Waals surface area contributed by atoms with Crippen LogP contribution in [0.15, 0.2) is 65.8 Å². The number of rotatable bonds is 21. The first-order valence-electron chi connectivity index (χ1n) is 19.7. The fourth-order valence-electron chi connectivity index (χ4n) is 6.25. The molecule has 2 aromatic heterocycles. The van der Waals surface area contributed by atoms with Gasteiger partial charge in [-0.3, -0.25) is 19.5 Å². The zero-order valence-corrected chi connectivity index (χ0v) is 35.4. The number of phosphoric acid groups is 1. The largest absolute Gasteiger partial charge is 0.756 e. The summed E-state index contributed by atoms with van der Waals surface area (Å²) in [4.78, 5) is 64.4. The van der Waals surface area contributed by atoms with Crippen molar-refractivity contribution in [2.45, 2.75) is 45.0 Å². The van der Waals surface area contributed by atoms with E-state index in [1.54, 1.807) is 47.5 Å². The van der Waals surface area contributed by atoms with Gasteiger partial charge >= 0.3 is 12.1 Å². The Morgan fingerprint density at radius 2 is 1.87 bits per heavy atom. The molecule has 0 bridgehead atoms. The second-order valence-corrected chi connectivity index (χ2v) is 16.9. The molecule has 2 aromatic carbocycles. The average Bonchev–Trinajstić information content (AvgIpc) is 3.86. The van der Waals surface area contributed by atoms with Gasteiger partial charge in [-0.05, 0) is 80.4 Å². The van der Waals surface area contributed by atoms with Crippen molar-refractivity contribution < 1.29 is 52.0 Å². The molecule has 3 heterocycles. The number of aliphatic hydroxyl groups excluding tert-OH is 1. The van der Waals surface area contributed by atoms with Gasteiger partial charge in [0.2, 0.25) is 0 Å². The summed E-state index contributed by atoms with van der Waals surface area (Å²) in [5.41, 5.74) is 9.96. The van der Waals surface area contributed by atoms with E-state index in [0.717, 1.165) is 42.1 Å². The molecule has 1 aliphatic heterocycles. The van der Waals surface area contributed by atoms with Crippen molar-refractivity contribution in [3.05, 3.63) is 83.4 Å². The minimum Gasteiger partial charge on any atom is -0.756 e. The van der Waals surface area contributed by atoms with Crippen LogP contribution in [0.3, 0.4) is 0 Å². The predicted octanol–water partition coefficient (Wildman–Crippen LogP) is 2.85. The van der Waals surface area contributed by atoms with Crippen LogP contribution in [0.1, 0.15) is 53.1 Å². The second kappa shape index (κ2) is 21.4. The van der Waals surface area contributed by atoms with Gasteiger partial charge < -0.3 is 58.5 Å². The topological polar surface area (TPSA) is 248 Å².